The summed E-state index contributed by atoms with van der Waals surface area (Å²) in [5.74, 6) is 1.19. The van der Waals surface area contributed by atoms with Crippen molar-refractivity contribution in [2.24, 2.45) is 0 Å². The molecule has 6 heteroatoms. The molecule has 0 heterocycles. The number of allylic oxidation sites excluding steroid dienone is 2. The number of nitro groups is 1. The van der Waals surface area contributed by atoms with Gasteiger partial charge in [0, 0.05) is 17.7 Å². The molecule has 0 N–H and O–H groups in total. The van der Waals surface area contributed by atoms with Gasteiger partial charge in [0.15, 0.2) is 11.5 Å². The number of fused-ring (bicyclic) bond motifs is 1. The number of hydrogen-bond donors (Lipinski definition) is 0. The summed E-state index contributed by atoms with van der Waals surface area (Å²) < 4.78 is 12.3. The highest BCUT2D eigenvalue weighted by Crippen LogP contribution is 2.36. The van der Waals surface area contributed by atoms with Gasteiger partial charge in [0.05, 0.1) is 23.2 Å². The van der Waals surface area contributed by atoms with E-state index in [1.165, 1.54) is 12.1 Å². The van der Waals surface area contributed by atoms with Crippen molar-refractivity contribution in [3.05, 3.63) is 124 Å². The van der Waals surface area contributed by atoms with Gasteiger partial charge in [0.1, 0.15) is 6.61 Å². The minimum absolute atomic E-state index is 0.0711. The molecule has 0 aliphatic heterocycles. The molecular formula is C31H26N2O4. The highest BCUT2D eigenvalue weighted by Gasteiger charge is 2.15. The Morgan fingerprint density at radius 3 is 2.57 bits per heavy atom. The monoisotopic (exact) mass is 490 g/mol. The minimum Gasteiger partial charge on any atom is -0.490 e. The maximum atomic E-state index is 11.2. The van der Waals surface area contributed by atoms with E-state index in [0.29, 0.717) is 42.3 Å². The van der Waals surface area contributed by atoms with E-state index in [9.17, 15) is 15.4 Å². The highest BCUT2D eigenvalue weighted by molar-refractivity contribution is 5.90. The zero-order valence-corrected chi connectivity index (χ0v) is 20.5. The Kier molecular flexibility index (Phi) is 7.97. The van der Waals surface area contributed by atoms with Gasteiger partial charge in [-0.2, -0.15) is 5.26 Å². The van der Waals surface area contributed by atoms with Crippen molar-refractivity contribution in [2.45, 2.75) is 20.0 Å². The molecule has 0 aromatic heterocycles. The summed E-state index contributed by atoms with van der Waals surface area (Å²) in [6.07, 6.45) is 4.02. The Morgan fingerprint density at radius 1 is 1.03 bits per heavy atom. The first-order chi connectivity index (χ1) is 18.0. The molecule has 184 valence electrons. The lowest BCUT2D eigenvalue weighted by Gasteiger charge is -2.17. The lowest BCUT2D eigenvalue weighted by atomic mass is 10.00. The SMILES string of the molecule is C=CCc1cc(C=C(C#N)c2cccc([N+](=O)[O-])c2)cc(OCC)c1OCc1cccc2ccccc12. The van der Waals surface area contributed by atoms with Gasteiger partial charge >= 0.3 is 0 Å². The second kappa shape index (κ2) is 11.7. The second-order valence-electron chi connectivity index (χ2n) is 8.34. The highest BCUT2D eigenvalue weighted by atomic mass is 16.6. The maximum Gasteiger partial charge on any atom is 0.270 e. The Hall–Kier alpha value is -4.89. The van der Waals surface area contributed by atoms with Crippen LogP contribution in [0.15, 0.2) is 91.5 Å². The van der Waals surface area contributed by atoms with Crippen LogP contribution in [0.2, 0.25) is 0 Å². The van der Waals surface area contributed by atoms with Gasteiger partial charge in [-0.05, 0) is 59.0 Å². The number of nitro benzene ring substituents is 1. The van der Waals surface area contributed by atoms with Crippen LogP contribution in [0.4, 0.5) is 5.69 Å². The molecule has 0 unspecified atom stereocenters. The summed E-state index contributed by atoms with van der Waals surface area (Å²) >= 11 is 0. The van der Waals surface area contributed by atoms with Crippen LogP contribution in [-0.2, 0) is 13.0 Å². The molecule has 37 heavy (non-hydrogen) atoms. The van der Waals surface area contributed by atoms with Gasteiger partial charge in [-0.1, -0.05) is 60.7 Å². The number of rotatable bonds is 10. The van der Waals surface area contributed by atoms with Crippen LogP contribution in [0.25, 0.3) is 22.4 Å². The van der Waals surface area contributed by atoms with Gasteiger partial charge < -0.3 is 9.47 Å². The van der Waals surface area contributed by atoms with Crippen LogP contribution in [-0.4, -0.2) is 11.5 Å². The summed E-state index contributed by atoms with van der Waals surface area (Å²) in [5, 5.41) is 23.3. The Bertz CT molecular complexity index is 1530. The molecule has 0 atom stereocenters. The molecule has 0 amide bonds. The number of benzene rings is 4. The normalized spacial score (nSPS) is 11.1. The molecule has 0 aliphatic carbocycles. The average molecular weight is 491 g/mol. The number of ether oxygens (including phenoxy) is 2. The molecule has 0 bridgehead atoms. The lowest BCUT2D eigenvalue weighted by Crippen LogP contribution is -2.04. The third-order valence-electron chi connectivity index (χ3n) is 5.87. The third-order valence-corrected chi connectivity index (χ3v) is 5.87. The van der Waals surface area contributed by atoms with Gasteiger partial charge in [0.2, 0.25) is 0 Å². The number of hydrogen-bond acceptors (Lipinski definition) is 5. The first kappa shape index (κ1) is 25.2. The molecule has 0 saturated carbocycles. The molecule has 4 aromatic carbocycles. The Morgan fingerprint density at radius 2 is 1.81 bits per heavy atom. The van der Waals surface area contributed by atoms with Gasteiger partial charge in [0.25, 0.3) is 5.69 Å². The fourth-order valence-corrected chi connectivity index (χ4v) is 4.20. The van der Waals surface area contributed by atoms with Crippen molar-refractivity contribution in [3.8, 4) is 17.6 Å². The number of nitriles is 1. The summed E-state index contributed by atoms with van der Waals surface area (Å²) in [4.78, 5) is 10.7. The molecule has 0 fully saturated rings. The maximum absolute atomic E-state index is 11.2. The first-order valence-electron chi connectivity index (χ1n) is 11.9. The summed E-state index contributed by atoms with van der Waals surface area (Å²) in [6.45, 7) is 6.57. The van der Waals surface area contributed by atoms with Crippen molar-refractivity contribution in [1.82, 2.24) is 0 Å². The van der Waals surface area contributed by atoms with Crippen LogP contribution in [0.1, 0.15) is 29.2 Å². The molecule has 6 nitrogen and oxygen atoms in total. The fraction of sp³-hybridized carbons (Fsp3) is 0.129. The predicted molar refractivity (Wildman–Crippen MR) is 146 cm³/mol. The lowest BCUT2D eigenvalue weighted by molar-refractivity contribution is -0.384. The largest absolute Gasteiger partial charge is 0.490 e. The summed E-state index contributed by atoms with van der Waals surface area (Å²) in [6, 6.07) is 26.3. The van der Waals surface area contributed by atoms with E-state index < -0.39 is 4.92 Å². The molecule has 0 aliphatic rings. The van der Waals surface area contributed by atoms with Crippen LogP contribution in [0.5, 0.6) is 11.5 Å². The van der Waals surface area contributed by atoms with Gasteiger partial charge in [-0.3, -0.25) is 10.1 Å². The van der Waals surface area contributed by atoms with Crippen LogP contribution in [0, 0.1) is 21.4 Å². The summed E-state index contributed by atoms with van der Waals surface area (Å²) in [5.41, 5.74) is 3.35. The molecule has 4 aromatic rings. The van der Waals surface area contributed by atoms with E-state index in [1.807, 2.05) is 43.3 Å². The van der Waals surface area contributed by atoms with E-state index in [-0.39, 0.29) is 5.69 Å². The van der Waals surface area contributed by atoms with Crippen LogP contribution >= 0.6 is 0 Å². The molecule has 0 spiro atoms. The van der Waals surface area contributed by atoms with Crippen molar-refractivity contribution >= 4 is 28.1 Å². The van der Waals surface area contributed by atoms with Crippen LogP contribution < -0.4 is 9.47 Å². The van der Waals surface area contributed by atoms with E-state index in [4.69, 9.17) is 9.47 Å². The third kappa shape index (κ3) is 5.85. The predicted octanol–water partition coefficient (Wildman–Crippen LogP) is 7.52. The van der Waals surface area contributed by atoms with Crippen molar-refractivity contribution in [2.75, 3.05) is 6.61 Å². The second-order valence-corrected chi connectivity index (χ2v) is 8.34. The van der Waals surface area contributed by atoms with Gasteiger partial charge in [-0.15, -0.1) is 6.58 Å². The Labute approximate surface area is 215 Å². The summed E-state index contributed by atoms with van der Waals surface area (Å²) in [7, 11) is 0. The quantitative estimate of drug-likeness (QED) is 0.0754. The molecule has 0 radical (unpaired) electrons. The number of non-ortho nitro benzene ring substituents is 1. The van der Waals surface area contributed by atoms with E-state index >= 15 is 0 Å². The van der Waals surface area contributed by atoms with Crippen molar-refractivity contribution in [1.29, 1.82) is 5.26 Å². The smallest absolute Gasteiger partial charge is 0.270 e. The van der Waals surface area contributed by atoms with Crippen molar-refractivity contribution in [3.63, 3.8) is 0 Å². The standard InChI is InChI=1S/C31H26N2O4/c1-3-9-25-16-22(17-27(20-32)24-12-8-14-28(19-24)33(34)35)18-30(36-4-2)31(25)37-21-26-13-7-11-23-10-5-6-15-29(23)26/h3,5-8,10-19H,1,4,9,21H2,2H3. The molecule has 4 rings (SSSR count). The fourth-order valence-electron chi connectivity index (χ4n) is 4.20. The zero-order chi connectivity index (χ0) is 26.2. The van der Waals surface area contributed by atoms with E-state index in [0.717, 1.165) is 27.5 Å². The average Bonchev–Trinajstić information content (AvgIpc) is 2.91. The van der Waals surface area contributed by atoms with E-state index in [1.54, 1.807) is 24.3 Å². The first-order valence-corrected chi connectivity index (χ1v) is 11.9. The number of nitrogens with zero attached hydrogens (tertiary/aromatic N) is 2. The van der Waals surface area contributed by atoms with Crippen LogP contribution in [0.3, 0.4) is 0 Å². The molecular weight excluding hydrogens is 464 g/mol. The van der Waals surface area contributed by atoms with Crippen molar-refractivity contribution < 1.29 is 14.4 Å². The zero-order valence-electron chi connectivity index (χ0n) is 20.5. The topological polar surface area (TPSA) is 85.4 Å². The Balaban J connectivity index is 1.73. The van der Waals surface area contributed by atoms with Gasteiger partial charge in [-0.25, -0.2) is 0 Å². The van der Waals surface area contributed by atoms with E-state index in [2.05, 4.69) is 30.8 Å². The minimum atomic E-state index is -0.476. The molecule has 0 saturated heterocycles.